The van der Waals surface area contributed by atoms with E-state index in [-0.39, 0.29) is 12.4 Å². The lowest BCUT2D eigenvalue weighted by atomic mass is 10.3. The fraction of sp³-hybridized carbons (Fsp3) is 0.500. The summed E-state index contributed by atoms with van der Waals surface area (Å²) >= 11 is 0. The van der Waals surface area contributed by atoms with Crippen LogP contribution in [0.15, 0.2) is 12.3 Å². The molecule has 0 aliphatic rings. The topological polar surface area (TPSA) is 98.6 Å². The zero-order valence-electron chi connectivity index (χ0n) is 6.47. The number of nitrogens with two attached hydrogens (primary N) is 2. The maximum absolute atomic E-state index is 10.1. The van der Waals surface area contributed by atoms with Crippen LogP contribution in [0.3, 0.4) is 0 Å². The molecule has 0 radical (unpaired) electrons. The van der Waals surface area contributed by atoms with Crippen LogP contribution in [0, 0.1) is 0 Å². The normalized spacial score (nSPS) is 12.2. The van der Waals surface area contributed by atoms with E-state index in [1.165, 1.54) is 12.3 Å². The van der Waals surface area contributed by atoms with Gasteiger partial charge in [-0.3, -0.25) is 4.79 Å². The lowest BCUT2D eigenvalue weighted by Gasteiger charge is -1.98. The summed E-state index contributed by atoms with van der Waals surface area (Å²) in [5.41, 5.74) is 10.2. The quantitative estimate of drug-likeness (QED) is 0.399. The van der Waals surface area contributed by atoms with Gasteiger partial charge in [0, 0.05) is 6.54 Å². The summed E-state index contributed by atoms with van der Waals surface area (Å²) in [5, 5.41) is 8.28. The van der Waals surface area contributed by atoms with Crippen LogP contribution < -0.4 is 11.5 Å². The van der Waals surface area contributed by atoms with Gasteiger partial charge in [-0.25, -0.2) is 0 Å². The maximum atomic E-state index is 10.1. The van der Waals surface area contributed by atoms with Crippen LogP contribution in [-0.2, 0) is 9.53 Å². The Morgan fingerprint density at radius 3 is 2.67 bits per heavy atom. The number of carboxylic acid groups (broad SMARTS) is 1. The van der Waals surface area contributed by atoms with E-state index >= 15 is 0 Å². The van der Waals surface area contributed by atoms with Gasteiger partial charge in [0.1, 0.15) is 6.04 Å². The Kier molecular flexibility index (Phi) is 9.56. The van der Waals surface area contributed by atoms with Gasteiger partial charge in [0.2, 0.25) is 0 Å². The minimum Gasteiger partial charge on any atom is -0.500 e. The summed E-state index contributed by atoms with van der Waals surface area (Å²) in [7, 11) is 0. The Morgan fingerprint density at radius 1 is 1.67 bits per heavy atom. The standard InChI is InChI=1S/C6H12N2O3.ClH/c7-2-4-11-3-1-5(8)6(9)10;/h1,3,5H,2,4,7-8H2,(H,9,10);1H/b3-1+;/t5-;/m0./s1. The molecule has 1 atom stereocenters. The number of hydrogen-bond acceptors (Lipinski definition) is 4. The Bertz CT molecular complexity index is 152. The van der Waals surface area contributed by atoms with Gasteiger partial charge >= 0.3 is 5.97 Å². The average Bonchev–Trinajstić information content (AvgIpc) is 1.97. The number of carbonyl (C=O) groups is 1. The first-order valence-electron chi connectivity index (χ1n) is 3.15. The monoisotopic (exact) mass is 196 g/mol. The molecular formula is C6H13ClN2O3. The van der Waals surface area contributed by atoms with Gasteiger partial charge in [-0.1, -0.05) is 0 Å². The number of rotatable bonds is 5. The first-order valence-corrected chi connectivity index (χ1v) is 3.15. The first kappa shape index (κ1) is 13.8. The molecule has 0 aromatic heterocycles. The van der Waals surface area contributed by atoms with Gasteiger partial charge in [0.25, 0.3) is 0 Å². The number of halogens is 1. The third-order valence-electron chi connectivity index (χ3n) is 0.903. The van der Waals surface area contributed by atoms with Crippen molar-refractivity contribution in [3.05, 3.63) is 12.3 Å². The second kappa shape index (κ2) is 8.32. The zero-order chi connectivity index (χ0) is 8.69. The van der Waals surface area contributed by atoms with E-state index in [1.807, 2.05) is 0 Å². The number of carboxylic acids is 1. The zero-order valence-corrected chi connectivity index (χ0v) is 7.29. The van der Waals surface area contributed by atoms with E-state index < -0.39 is 12.0 Å². The van der Waals surface area contributed by atoms with Crippen molar-refractivity contribution in [2.75, 3.05) is 13.2 Å². The van der Waals surface area contributed by atoms with E-state index in [4.69, 9.17) is 21.3 Å². The fourth-order valence-electron chi connectivity index (χ4n) is 0.359. The van der Waals surface area contributed by atoms with Gasteiger partial charge in [-0.15, -0.1) is 12.4 Å². The molecule has 72 valence electrons. The molecule has 0 spiro atoms. The fourth-order valence-corrected chi connectivity index (χ4v) is 0.359. The Balaban J connectivity index is 0. The summed E-state index contributed by atoms with van der Waals surface area (Å²) < 4.78 is 4.75. The summed E-state index contributed by atoms with van der Waals surface area (Å²) in [6, 6.07) is -1.01. The van der Waals surface area contributed by atoms with Crippen LogP contribution in [0.5, 0.6) is 0 Å². The van der Waals surface area contributed by atoms with Crippen LogP contribution in [-0.4, -0.2) is 30.3 Å². The van der Waals surface area contributed by atoms with Crippen molar-refractivity contribution in [3.8, 4) is 0 Å². The highest BCUT2D eigenvalue weighted by molar-refractivity contribution is 5.85. The second-order valence-corrected chi connectivity index (χ2v) is 1.85. The van der Waals surface area contributed by atoms with E-state index in [0.717, 1.165) is 0 Å². The molecule has 6 heteroatoms. The second-order valence-electron chi connectivity index (χ2n) is 1.85. The van der Waals surface area contributed by atoms with Crippen molar-refractivity contribution < 1.29 is 14.6 Å². The SMILES string of the molecule is Cl.NCCO/C=C/[C@H](N)C(=O)O. The van der Waals surface area contributed by atoms with Crippen LogP contribution in [0.2, 0.25) is 0 Å². The Hall–Kier alpha value is -0.780. The average molecular weight is 197 g/mol. The molecule has 0 saturated carbocycles. The number of aliphatic carboxylic acids is 1. The number of hydrogen-bond donors (Lipinski definition) is 3. The molecule has 0 rings (SSSR count). The van der Waals surface area contributed by atoms with E-state index in [1.54, 1.807) is 0 Å². The predicted octanol–water partition coefficient (Wildman–Crippen LogP) is -0.691. The van der Waals surface area contributed by atoms with Gasteiger partial charge in [-0.05, 0) is 6.08 Å². The van der Waals surface area contributed by atoms with Crippen molar-refractivity contribution in [2.45, 2.75) is 6.04 Å². The highest BCUT2D eigenvalue weighted by atomic mass is 35.5. The number of ether oxygens (including phenoxy) is 1. The highest BCUT2D eigenvalue weighted by Crippen LogP contribution is 1.83. The van der Waals surface area contributed by atoms with Gasteiger partial charge < -0.3 is 21.3 Å². The van der Waals surface area contributed by atoms with Gasteiger partial charge in [-0.2, -0.15) is 0 Å². The largest absolute Gasteiger partial charge is 0.500 e. The minimum atomic E-state index is -1.09. The molecule has 0 aliphatic heterocycles. The molecule has 0 fully saturated rings. The summed E-state index contributed by atoms with van der Waals surface area (Å²) in [5.74, 6) is -1.09. The lowest BCUT2D eigenvalue weighted by Crippen LogP contribution is -2.27. The van der Waals surface area contributed by atoms with Gasteiger partial charge in [0.05, 0.1) is 12.9 Å². The van der Waals surface area contributed by atoms with Crippen molar-refractivity contribution in [3.63, 3.8) is 0 Å². The van der Waals surface area contributed by atoms with E-state index in [2.05, 4.69) is 0 Å². The molecule has 0 amide bonds. The first-order chi connectivity index (χ1) is 5.18. The molecule has 0 unspecified atom stereocenters. The summed E-state index contributed by atoms with van der Waals surface area (Å²) in [4.78, 5) is 10.1. The van der Waals surface area contributed by atoms with Crippen molar-refractivity contribution in [1.82, 2.24) is 0 Å². The van der Waals surface area contributed by atoms with Crippen LogP contribution in [0.4, 0.5) is 0 Å². The van der Waals surface area contributed by atoms with Crippen LogP contribution >= 0.6 is 12.4 Å². The minimum absolute atomic E-state index is 0. The molecule has 5 nitrogen and oxygen atoms in total. The van der Waals surface area contributed by atoms with Crippen molar-refractivity contribution in [1.29, 1.82) is 0 Å². The smallest absolute Gasteiger partial charge is 0.324 e. The third kappa shape index (κ3) is 7.33. The Morgan fingerprint density at radius 2 is 2.25 bits per heavy atom. The molecule has 12 heavy (non-hydrogen) atoms. The molecule has 5 N–H and O–H groups in total. The lowest BCUT2D eigenvalue weighted by molar-refractivity contribution is -0.137. The molecule has 0 aromatic carbocycles. The van der Waals surface area contributed by atoms with E-state index in [0.29, 0.717) is 13.2 Å². The Labute approximate surface area is 76.8 Å². The summed E-state index contributed by atoms with van der Waals surface area (Å²) in [6.45, 7) is 0.759. The summed E-state index contributed by atoms with van der Waals surface area (Å²) in [6.07, 6.45) is 2.49. The van der Waals surface area contributed by atoms with Crippen molar-refractivity contribution in [2.24, 2.45) is 11.5 Å². The van der Waals surface area contributed by atoms with Gasteiger partial charge in [0.15, 0.2) is 0 Å². The molecule has 0 heterocycles. The van der Waals surface area contributed by atoms with Crippen LogP contribution in [0.1, 0.15) is 0 Å². The highest BCUT2D eigenvalue weighted by Gasteiger charge is 2.05. The maximum Gasteiger partial charge on any atom is 0.324 e. The predicted molar refractivity (Wildman–Crippen MR) is 47.0 cm³/mol. The third-order valence-corrected chi connectivity index (χ3v) is 0.903. The van der Waals surface area contributed by atoms with Crippen LogP contribution in [0.25, 0.3) is 0 Å². The molecule has 0 aliphatic carbocycles. The molecule has 0 saturated heterocycles. The molecule has 0 bridgehead atoms. The molecule has 0 aromatic rings. The van der Waals surface area contributed by atoms with Crippen molar-refractivity contribution >= 4 is 18.4 Å². The van der Waals surface area contributed by atoms with E-state index in [9.17, 15) is 4.79 Å². The molecular weight excluding hydrogens is 184 g/mol.